The molecule has 4 rings (SSSR count). The van der Waals surface area contributed by atoms with Crippen molar-refractivity contribution in [1.29, 1.82) is 0 Å². The topological polar surface area (TPSA) is 79.1 Å². The number of aromatic nitrogens is 3. The summed E-state index contributed by atoms with van der Waals surface area (Å²) in [5.74, 6) is 1.71. The first kappa shape index (κ1) is 17.3. The van der Waals surface area contributed by atoms with Crippen LogP contribution in [0.15, 0.2) is 72.8 Å². The molecule has 0 fully saturated rings. The van der Waals surface area contributed by atoms with Gasteiger partial charge in [0.25, 0.3) is 0 Å². The summed E-state index contributed by atoms with van der Waals surface area (Å²) >= 11 is 0. The highest BCUT2D eigenvalue weighted by molar-refractivity contribution is 6.58. The highest BCUT2D eigenvalue weighted by atomic mass is 16.4. The van der Waals surface area contributed by atoms with E-state index in [4.69, 9.17) is 0 Å². The number of hydrogen-bond donors (Lipinski definition) is 2. The lowest BCUT2D eigenvalue weighted by Crippen LogP contribution is -2.29. The third-order valence-electron chi connectivity index (χ3n) is 4.36. The smallest absolute Gasteiger partial charge is 0.423 e. The Morgan fingerprint density at radius 3 is 2.15 bits per heavy atom. The Morgan fingerprint density at radius 1 is 0.741 bits per heavy atom. The van der Waals surface area contributed by atoms with E-state index in [0.29, 0.717) is 28.5 Å². The van der Waals surface area contributed by atoms with Crippen LogP contribution in [0, 0.1) is 0 Å². The molecule has 2 aromatic carbocycles. The van der Waals surface area contributed by atoms with E-state index in [1.54, 1.807) is 18.2 Å². The van der Waals surface area contributed by atoms with Crippen LogP contribution < -0.4 is 5.46 Å². The zero-order valence-corrected chi connectivity index (χ0v) is 14.7. The van der Waals surface area contributed by atoms with E-state index < -0.39 is 7.12 Å². The summed E-state index contributed by atoms with van der Waals surface area (Å²) in [7, 11) is -1.54. The summed E-state index contributed by atoms with van der Waals surface area (Å²) in [6, 6.07) is 16.7. The largest absolute Gasteiger partial charge is 0.488 e. The average Bonchev–Trinajstić information content (AvgIpc) is 2.75. The number of hydrogen-bond acceptors (Lipinski definition) is 5. The van der Waals surface area contributed by atoms with Crippen LogP contribution in [0.5, 0.6) is 0 Å². The van der Waals surface area contributed by atoms with Crippen molar-refractivity contribution in [2.45, 2.75) is 12.8 Å². The van der Waals surface area contributed by atoms with Crippen molar-refractivity contribution in [3.8, 4) is 22.8 Å². The summed E-state index contributed by atoms with van der Waals surface area (Å²) in [6.07, 6.45) is 8.25. The molecule has 1 aromatic heterocycles. The Labute approximate surface area is 157 Å². The maximum absolute atomic E-state index is 9.47. The maximum Gasteiger partial charge on any atom is 0.488 e. The second-order valence-corrected chi connectivity index (χ2v) is 6.31. The van der Waals surface area contributed by atoms with Crippen molar-refractivity contribution < 1.29 is 10.0 Å². The molecule has 0 radical (unpaired) electrons. The molecule has 2 N–H and O–H groups in total. The second kappa shape index (κ2) is 7.66. The van der Waals surface area contributed by atoms with E-state index in [1.807, 2.05) is 42.5 Å². The minimum atomic E-state index is -1.54. The van der Waals surface area contributed by atoms with Crippen LogP contribution in [-0.2, 0) is 0 Å². The van der Waals surface area contributed by atoms with E-state index in [0.717, 1.165) is 24.0 Å². The van der Waals surface area contributed by atoms with Crippen molar-refractivity contribution in [3.05, 3.63) is 78.6 Å². The van der Waals surface area contributed by atoms with Crippen molar-refractivity contribution in [2.24, 2.45) is 0 Å². The van der Waals surface area contributed by atoms with E-state index in [1.165, 1.54) is 0 Å². The van der Waals surface area contributed by atoms with Crippen LogP contribution in [0.4, 0.5) is 0 Å². The molecule has 0 spiro atoms. The third kappa shape index (κ3) is 3.87. The Balaban J connectivity index is 1.87. The first-order valence-electron chi connectivity index (χ1n) is 8.86. The first-order valence-corrected chi connectivity index (χ1v) is 8.86. The van der Waals surface area contributed by atoms with Gasteiger partial charge in [0.05, 0.1) is 0 Å². The fraction of sp³-hybridized carbons (Fsp3) is 0.0952. The average molecular weight is 355 g/mol. The van der Waals surface area contributed by atoms with Crippen LogP contribution in [-0.4, -0.2) is 32.1 Å². The van der Waals surface area contributed by atoms with Gasteiger partial charge in [-0.05, 0) is 18.3 Å². The van der Waals surface area contributed by atoms with E-state index in [9.17, 15) is 10.0 Å². The Hall–Kier alpha value is -3.09. The van der Waals surface area contributed by atoms with Gasteiger partial charge in [-0.2, -0.15) is 0 Å². The minimum Gasteiger partial charge on any atom is -0.423 e. The standard InChI is InChI=1S/C21H18BN3O2/c26-22(27)18-13-7-12-17(14-18)21-24-19(15-8-3-1-4-9-15)23-20(25-21)16-10-5-2-6-11-16/h1,3-5,7-14,26-27H,2,6H2. The molecule has 5 nitrogen and oxygen atoms in total. The SMILES string of the molecule is OB(O)c1cccc(-c2nc(C3=CCCC=C3)nc(-c3ccccc3)n2)c1. The molecule has 3 aromatic rings. The molecule has 0 amide bonds. The molecule has 0 saturated carbocycles. The maximum atomic E-state index is 9.47. The normalized spacial score (nSPS) is 13.3. The second-order valence-electron chi connectivity index (χ2n) is 6.31. The molecule has 0 unspecified atom stereocenters. The molecule has 27 heavy (non-hydrogen) atoms. The van der Waals surface area contributed by atoms with Crippen LogP contribution in [0.3, 0.4) is 0 Å². The summed E-state index contributed by atoms with van der Waals surface area (Å²) in [4.78, 5) is 14.0. The number of allylic oxidation sites excluding steroid dienone is 4. The fourth-order valence-electron chi connectivity index (χ4n) is 2.97. The van der Waals surface area contributed by atoms with Crippen LogP contribution >= 0.6 is 0 Å². The van der Waals surface area contributed by atoms with Gasteiger partial charge in [0.2, 0.25) is 0 Å². The molecule has 132 valence electrons. The molecule has 0 atom stereocenters. The molecule has 1 aliphatic carbocycles. The van der Waals surface area contributed by atoms with E-state index in [2.05, 4.69) is 27.1 Å². The number of nitrogens with zero attached hydrogens (tertiary/aromatic N) is 3. The Kier molecular flexibility index (Phi) is 4.92. The lowest BCUT2D eigenvalue weighted by Gasteiger charge is -2.11. The first-order chi connectivity index (χ1) is 13.2. The Morgan fingerprint density at radius 2 is 1.44 bits per heavy atom. The van der Waals surface area contributed by atoms with Gasteiger partial charge in [-0.1, -0.05) is 72.8 Å². The quantitative estimate of drug-likeness (QED) is 0.704. The van der Waals surface area contributed by atoms with Crippen molar-refractivity contribution in [1.82, 2.24) is 15.0 Å². The van der Waals surface area contributed by atoms with Gasteiger partial charge in [-0.15, -0.1) is 0 Å². The predicted octanol–water partition coefficient (Wildman–Crippen LogP) is 2.62. The Bertz CT molecular complexity index is 1020. The van der Waals surface area contributed by atoms with Crippen molar-refractivity contribution in [3.63, 3.8) is 0 Å². The van der Waals surface area contributed by atoms with Gasteiger partial charge in [0.1, 0.15) is 0 Å². The summed E-state index contributed by atoms with van der Waals surface area (Å²) in [6.45, 7) is 0. The van der Waals surface area contributed by atoms with Gasteiger partial charge in [0.15, 0.2) is 17.5 Å². The van der Waals surface area contributed by atoms with Gasteiger partial charge < -0.3 is 10.0 Å². The van der Waals surface area contributed by atoms with Gasteiger partial charge in [-0.3, -0.25) is 0 Å². The molecule has 1 aliphatic rings. The van der Waals surface area contributed by atoms with Crippen LogP contribution in [0.1, 0.15) is 18.7 Å². The molecule has 0 saturated heterocycles. The third-order valence-corrected chi connectivity index (χ3v) is 4.36. The predicted molar refractivity (Wildman–Crippen MR) is 107 cm³/mol. The molecule has 0 bridgehead atoms. The number of benzene rings is 2. The van der Waals surface area contributed by atoms with Crippen molar-refractivity contribution >= 4 is 18.2 Å². The fourth-order valence-corrected chi connectivity index (χ4v) is 2.97. The highest BCUT2D eigenvalue weighted by Gasteiger charge is 2.16. The lowest BCUT2D eigenvalue weighted by molar-refractivity contribution is 0.426. The zero-order valence-electron chi connectivity index (χ0n) is 14.7. The van der Waals surface area contributed by atoms with Gasteiger partial charge >= 0.3 is 7.12 Å². The lowest BCUT2D eigenvalue weighted by atomic mass is 9.79. The van der Waals surface area contributed by atoms with E-state index >= 15 is 0 Å². The van der Waals surface area contributed by atoms with Gasteiger partial charge in [-0.25, -0.2) is 15.0 Å². The number of rotatable bonds is 4. The highest BCUT2D eigenvalue weighted by Crippen LogP contribution is 2.24. The zero-order chi connectivity index (χ0) is 18.6. The summed E-state index contributed by atoms with van der Waals surface area (Å²) in [5, 5.41) is 18.9. The van der Waals surface area contributed by atoms with E-state index in [-0.39, 0.29) is 0 Å². The summed E-state index contributed by atoms with van der Waals surface area (Å²) < 4.78 is 0. The van der Waals surface area contributed by atoms with Gasteiger partial charge in [0, 0.05) is 16.7 Å². The van der Waals surface area contributed by atoms with Crippen LogP contribution in [0.25, 0.3) is 28.3 Å². The molecule has 1 heterocycles. The molecular formula is C21H18BN3O2. The molecule has 0 aliphatic heterocycles. The molecule has 6 heteroatoms. The summed E-state index contributed by atoms with van der Waals surface area (Å²) in [5.41, 5.74) is 2.98. The monoisotopic (exact) mass is 355 g/mol. The van der Waals surface area contributed by atoms with Crippen LogP contribution in [0.2, 0.25) is 0 Å². The van der Waals surface area contributed by atoms with Crippen molar-refractivity contribution in [2.75, 3.05) is 0 Å². The molecular weight excluding hydrogens is 337 g/mol. The minimum absolute atomic E-state index is 0.396.